The predicted octanol–water partition coefficient (Wildman–Crippen LogP) is 2.30. The minimum absolute atomic E-state index is 0.259. The van der Waals surface area contributed by atoms with E-state index >= 15 is 0 Å². The lowest BCUT2D eigenvalue weighted by Crippen LogP contribution is -2.42. The van der Waals surface area contributed by atoms with Crippen LogP contribution in [0.1, 0.15) is 19.8 Å². The number of nitrogens with two attached hydrogens (primary N) is 1. The molecule has 88 valence electrons. The molecule has 0 spiro atoms. The lowest BCUT2D eigenvalue weighted by Gasteiger charge is -2.35. The third-order valence-electron chi connectivity index (χ3n) is 3.24. The summed E-state index contributed by atoms with van der Waals surface area (Å²) in [5, 5.41) is 0.685. The lowest BCUT2D eigenvalue weighted by atomic mass is 9.92. The average molecular weight is 240 g/mol. The highest BCUT2D eigenvalue weighted by Crippen LogP contribution is 2.23. The molecule has 1 aliphatic heterocycles. The Morgan fingerprint density at radius 3 is 3.00 bits per heavy atom. The van der Waals surface area contributed by atoms with E-state index in [2.05, 4.69) is 16.8 Å². The Kier molecular flexibility index (Phi) is 3.66. The molecule has 1 fully saturated rings. The van der Waals surface area contributed by atoms with E-state index in [1.165, 1.54) is 12.8 Å². The molecule has 1 aliphatic rings. The smallest absolute Gasteiger partial charge is 0.128 e. The standard InChI is InChI=1S/C12H18ClN3/c1-9(14)10-3-2-6-16(8-10)12-5-4-11(13)7-15-12/h4-5,7,9-10H,2-3,6,8,14H2,1H3. The van der Waals surface area contributed by atoms with E-state index in [-0.39, 0.29) is 6.04 Å². The van der Waals surface area contributed by atoms with Crippen molar-refractivity contribution in [2.45, 2.75) is 25.8 Å². The van der Waals surface area contributed by atoms with Gasteiger partial charge in [0.2, 0.25) is 0 Å². The zero-order valence-electron chi connectivity index (χ0n) is 9.56. The Balaban J connectivity index is 2.06. The first-order valence-corrected chi connectivity index (χ1v) is 6.16. The SMILES string of the molecule is CC(N)C1CCCN(c2ccc(Cl)cn2)C1. The van der Waals surface area contributed by atoms with Gasteiger partial charge in [0.25, 0.3) is 0 Å². The van der Waals surface area contributed by atoms with Crippen LogP contribution in [-0.4, -0.2) is 24.1 Å². The maximum atomic E-state index is 5.96. The summed E-state index contributed by atoms with van der Waals surface area (Å²) in [5.74, 6) is 1.58. The molecule has 4 heteroatoms. The van der Waals surface area contributed by atoms with Crippen molar-refractivity contribution >= 4 is 17.4 Å². The Morgan fingerprint density at radius 2 is 2.38 bits per heavy atom. The molecule has 2 unspecified atom stereocenters. The van der Waals surface area contributed by atoms with E-state index in [1.54, 1.807) is 6.20 Å². The molecule has 2 N–H and O–H groups in total. The summed E-state index contributed by atoms with van der Waals surface area (Å²) in [7, 11) is 0. The maximum Gasteiger partial charge on any atom is 0.128 e. The van der Waals surface area contributed by atoms with E-state index in [9.17, 15) is 0 Å². The van der Waals surface area contributed by atoms with Gasteiger partial charge in [0.05, 0.1) is 5.02 Å². The zero-order chi connectivity index (χ0) is 11.5. The van der Waals surface area contributed by atoms with E-state index in [0.717, 1.165) is 18.9 Å². The van der Waals surface area contributed by atoms with Gasteiger partial charge in [-0.2, -0.15) is 0 Å². The van der Waals surface area contributed by atoms with Crippen LogP contribution in [0.15, 0.2) is 18.3 Å². The number of piperidine rings is 1. The van der Waals surface area contributed by atoms with Crippen molar-refractivity contribution in [3.8, 4) is 0 Å². The quantitative estimate of drug-likeness (QED) is 0.861. The maximum absolute atomic E-state index is 5.96. The summed E-state index contributed by atoms with van der Waals surface area (Å²) in [5.41, 5.74) is 5.96. The summed E-state index contributed by atoms with van der Waals surface area (Å²) in [6.45, 7) is 4.16. The second-order valence-electron chi connectivity index (χ2n) is 4.54. The number of hydrogen-bond donors (Lipinski definition) is 1. The van der Waals surface area contributed by atoms with Crippen LogP contribution in [0.3, 0.4) is 0 Å². The molecule has 3 nitrogen and oxygen atoms in total. The molecule has 0 aliphatic carbocycles. The molecular formula is C12H18ClN3. The lowest BCUT2D eigenvalue weighted by molar-refractivity contribution is 0.363. The Hall–Kier alpha value is -0.800. The van der Waals surface area contributed by atoms with Crippen LogP contribution in [0.4, 0.5) is 5.82 Å². The number of nitrogens with zero attached hydrogens (tertiary/aromatic N) is 2. The van der Waals surface area contributed by atoms with Crippen LogP contribution in [0.5, 0.6) is 0 Å². The summed E-state index contributed by atoms with van der Waals surface area (Å²) in [6, 6.07) is 4.13. The second kappa shape index (κ2) is 5.02. The predicted molar refractivity (Wildman–Crippen MR) is 67.8 cm³/mol. The molecule has 2 atom stereocenters. The first kappa shape index (κ1) is 11.7. The van der Waals surface area contributed by atoms with Crippen molar-refractivity contribution in [1.29, 1.82) is 0 Å². The van der Waals surface area contributed by atoms with Crippen LogP contribution in [0.2, 0.25) is 5.02 Å². The highest BCUT2D eigenvalue weighted by Gasteiger charge is 2.23. The van der Waals surface area contributed by atoms with Gasteiger partial charge in [-0.15, -0.1) is 0 Å². The van der Waals surface area contributed by atoms with E-state index < -0.39 is 0 Å². The second-order valence-corrected chi connectivity index (χ2v) is 4.98. The van der Waals surface area contributed by atoms with Crippen LogP contribution in [-0.2, 0) is 0 Å². The highest BCUT2D eigenvalue weighted by atomic mass is 35.5. The number of pyridine rings is 1. The molecule has 1 aromatic heterocycles. The summed E-state index contributed by atoms with van der Waals surface area (Å²) >= 11 is 5.83. The number of halogens is 1. The zero-order valence-corrected chi connectivity index (χ0v) is 10.3. The van der Waals surface area contributed by atoms with Crippen LogP contribution < -0.4 is 10.6 Å². The van der Waals surface area contributed by atoms with E-state index in [4.69, 9.17) is 17.3 Å². The largest absolute Gasteiger partial charge is 0.356 e. The van der Waals surface area contributed by atoms with Crippen molar-refractivity contribution in [3.63, 3.8) is 0 Å². The molecule has 0 radical (unpaired) electrons. The Bertz CT molecular complexity index is 337. The first-order valence-electron chi connectivity index (χ1n) is 5.79. The molecule has 16 heavy (non-hydrogen) atoms. The molecule has 0 amide bonds. The Labute approximate surface area is 102 Å². The normalized spacial score (nSPS) is 23.2. The van der Waals surface area contributed by atoms with Crippen molar-refractivity contribution < 1.29 is 0 Å². The number of hydrogen-bond acceptors (Lipinski definition) is 3. The third-order valence-corrected chi connectivity index (χ3v) is 3.46. The van der Waals surface area contributed by atoms with Gasteiger partial charge in [-0.05, 0) is 37.8 Å². The van der Waals surface area contributed by atoms with Gasteiger partial charge < -0.3 is 10.6 Å². The molecule has 1 saturated heterocycles. The van der Waals surface area contributed by atoms with Crippen molar-refractivity contribution in [3.05, 3.63) is 23.4 Å². The average Bonchev–Trinajstić information content (AvgIpc) is 2.30. The van der Waals surface area contributed by atoms with Gasteiger partial charge in [0.15, 0.2) is 0 Å². The molecule has 0 bridgehead atoms. The van der Waals surface area contributed by atoms with Crippen LogP contribution in [0, 0.1) is 5.92 Å². The summed E-state index contributed by atoms with van der Waals surface area (Å²) in [4.78, 5) is 6.65. The fourth-order valence-electron chi connectivity index (χ4n) is 2.20. The van der Waals surface area contributed by atoms with E-state index in [1.807, 2.05) is 12.1 Å². The Morgan fingerprint density at radius 1 is 1.56 bits per heavy atom. The van der Waals surface area contributed by atoms with Crippen molar-refractivity contribution in [2.75, 3.05) is 18.0 Å². The van der Waals surface area contributed by atoms with Gasteiger partial charge in [-0.25, -0.2) is 4.98 Å². The molecule has 2 rings (SSSR count). The number of rotatable bonds is 2. The van der Waals surface area contributed by atoms with Crippen LogP contribution >= 0.6 is 11.6 Å². The van der Waals surface area contributed by atoms with Gasteiger partial charge in [0, 0.05) is 25.3 Å². The molecule has 0 saturated carbocycles. The third kappa shape index (κ3) is 2.66. The van der Waals surface area contributed by atoms with Gasteiger partial charge in [-0.3, -0.25) is 0 Å². The summed E-state index contributed by atoms with van der Waals surface area (Å²) in [6.07, 6.45) is 4.12. The van der Waals surface area contributed by atoms with Crippen molar-refractivity contribution in [1.82, 2.24) is 4.98 Å². The summed E-state index contributed by atoms with van der Waals surface area (Å²) < 4.78 is 0. The van der Waals surface area contributed by atoms with Crippen molar-refractivity contribution in [2.24, 2.45) is 11.7 Å². The topological polar surface area (TPSA) is 42.1 Å². The van der Waals surface area contributed by atoms with Gasteiger partial charge in [-0.1, -0.05) is 11.6 Å². The molecule has 2 heterocycles. The molecule has 1 aromatic rings. The fourth-order valence-corrected chi connectivity index (χ4v) is 2.31. The first-order chi connectivity index (χ1) is 7.66. The molecule has 0 aromatic carbocycles. The minimum Gasteiger partial charge on any atom is -0.356 e. The highest BCUT2D eigenvalue weighted by molar-refractivity contribution is 6.30. The monoisotopic (exact) mass is 239 g/mol. The minimum atomic E-state index is 0.259. The van der Waals surface area contributed by atoms with Crippen LogP contribution in [0.25, 0.3) is 0 Å². The van der Waals surface area contributed by atoms with Gasteiger partial charge >= 0.3 is 0 Å². The molecular weight excluding hydrogens is 222 g/mol. The van der Waals surface area contributed by atoms with Gasteiger partial charge in [0.1, 0.15) is 5.82 Å². The number of anilines is 1. The van der Waals surface area contributed by atoms with E-state index in [0.29, 0.717) is 10.9 Å². The number of aromatic nitrogens is 1. The fraction of sp³-hybridized carbons (Fsp3) is 0.583.